The van der Waals surface area contributed by atoms with Gasteiger partial charge in [0.15, 0.2) is 0 Å². The lowest BCUT2D eigenvalue weighted by atomic mass is 10.1. The fourth-order valence-electron chi connectivity index (χ4n) is 2.33. The third-order valence-electron chi connectivity index (χ3n) is 3.53. The number of rotatable bonds is 3. The van der Waals surface area contributed by atoms with Crippen molar-refractivity contribution in [3.05, 3.63) is 71.2 Å². The molecule has 22 heavy (non-hydrogen) atoms. The number of nitriles is 1. The number of halogens is 1. The van der Waals surface area contributed by atoms with E-state index in [2.05, 4.69) is 16.4 Å². The smallest absolute Gasteiger partial charge is 0.126 e. The van der Waals surface area contributed by atoms with E-state index in [0.29, 0.717) is 17.7 Å². The summed E-state index contributed by atoms with van der Waals surface area (Å²) in [5.41, 5.74) is 3.69. The van der Waals surface area contributed by atoms with Crippen LogP contribution in [0.3, 0.4) is 0 Å². The topological polar surface area (TPSA) is 54.5 Å². The predicted octanol–water partition coefficient (Wildman–Crippen LogP) is 3.31. The number of hydrogen-bond acceptors (Lipinski definition) is 3. The zero-order valence-electron chi connectivity index (χ0n) is 12.0. The van der Waals surface area contributed by atoms with E-state index in [4.69, 9.17) is 5.26 Å². The van der Waals surface area contributed by atoms with E-state index in [1.165, 1.54) is 6.07 Å². The minimum Gasteiger partial charge on any atom is -0.240 e. The van der Waals surface area contributed by atoms with E-state index in [1.807, 2.05) is 18.2 Å². The lowest BCUT2D eigenvalue weighted by Crippen LogP contribution is -2.05. The van der Waals surface area contributed by atoms with Gasteiger partial charge in [-0.05, 0) is 42.3 Å². The molecule has 0 saturated carbocycles. The second-order valence-electron chi connectivity index (χ2n) is 5.01. The zero-order valence-corrected chi connectivity index (χ0v) is 12.0. The summed E-state index contributed by atoms with van der Waals surface area (Å²) < 4.78 is 15.1. The molecular formula is C17H13FN4. The van der Waals surface area contributed by atoms with Gasteiger partial charge in [0.05, 0.1) is 30.1 Å². The molecular weight excluding hydrogens is 279 g/mol. The summed E-state index contributed by atoms with van der Waals surface area (Å²) in [5.74, 6) is -0.238. The van der Waals surface area contributed by atoms with Gasteiger partial charge in [0, 0.05) is 5.56 Å². The Bertz CT molecular complexity index is 861. The normalized spacial score (nSPS) is 10.4. The summed E-state index contributed by atoms with van der Waals surface area (Å²) in [5, 5.41) is 17.2. The molecule has 1 heterocycles. The molecule has 0 N–H and O–H groups in total. The van der Waals surface area contributed by atoms with E-state index < -0.39 is 0 Å². The maximum absolute atomic E-state index is 13.4. The molecule has 0 aliphatic carbocycles. The predicted molar refractivity (Wildman–Crippen MR) is 80.4 cm³/mol. The molecule has 108 valence electrons. The minimum absolute atomic E-state index is 0.238. The van der Waals surface area contributed by atoms with Gasteiger partial charge in [0.2, 0.25) is 0 Å². The molecule has 0 unspecified atom stereocenters. The van der Waals surface area contributed by atoms with Crippen LogP contribution < -0.4 is 0 Å². The molecule has 0 aliphatic heterocycles. The molecule has 1 aromatic heterocycles. The van der Waals surface area contributed by atoms with Crippen molar-refractivity contribution in [3.8, 4) is 17.3 Å². The van der Waals surface area contributed by atoms with Crippen LogP contribution in [0.4, 0.5) is 4.39 Å². The summed E-state index contributed by atoms with van der Waals surface area (Å²) >= 11 is 0. The minimum atomic E-state index is -0.238. The highest BCUT2D eigenvalue weighted by Crippen LogP contribution is 2.22. The van der Waals surface area contributed by atoms with Crippen molar-refractivity contribution in [2.45, 2.75) is 13.5 Å². The van der Waals surface area contributed by atoms with Gasteiger partial charge in [-0.15, -0.1) is 5.10 Å². The fraction of sp³-hybridized carbons (Fsp3) is 0.118. The zero-order chi connectivity index (χ0) is 15.5. The van der Waals surface area contributed by atoms with Gasteiger partial charge in [-0.2, -0.15) is 5.26 Å². The van der Waals surface area contributed by atoms with Gasteiger partial charge in [-0.25, -0.2) is 9.07 Å². The van der Waals surface area contributed by atoms with E-state index in [9.17, 15) is 4.39 Å². The van der Waals surface area contributed by atoms with Gasteiger partial charge in [-0.1, -0.05) is 23.4 Å². The Morgan fingerprint density at radius 2 is 2.05 bits per heavy atom. The first-order valence-electron chi connectivity index (χ1n) is 6.82. The number of aromatic nitrogens is 3. The summed E-state index contributed by atoms with van der Waals surface area (Å²) in [6, 6.07) is 14.4. The van der Waals surface area contributed by atoms with Crippen molar-refractivity contribution < 1.29 is 4.39 Å². The van der Waals surface area contributed by atoms with Gasteiger partial charge in [0.1, 0.15) is 5.82 Å². The Kier molecular flexibility index (Phi) is 3.67. The van der Waals surface area contributed by atoms with Gasteiger partial charge in [0.25, 0.3) is 0 Å². The van der Waals surface area contributed by atoms with Gasteiger partial charge in [-0.3, -0.25) is 0 Å². The fourth-order valence-corrected chi connectivity index (χ4v) is 2.33. The molecule has 5 heteroatoms. The van der Waals surface area contributed by atoms with Crippen LogP contribution in [0.5, 0.6) is 0 Å². The standard InChI is InChI=1S/C17H13FN4/c1-12-8-13(6-7-16(12)18)17-10-20-21-22(17)11-15-5-3-2-4-14(15)9-19/h2-8,10H,11H2,1H3. The number of aryl methyl sites for hydroxylation is 1. The van der Waals surface area contributed by atoms with Crippen LogP contribution in [0, 0.1) is 24.1 Å². The molecule has 0 spiro atoms. The quantitative estimate of drug-likeness (QED) is 0.744. The molecule has 0 atom stereocenters. The van der Waals surface area contributed by atoms with E-state index in [0.717, 1.165) is 16.8 Å². The van der Waals surface area contributed by atoms with Crippen molar-refractivity contribution >= 4 is 0 Å². The van der Waals surface area contributed by atoms with Crippen LogP contribution in [0.2, 0.25) is 0 Å². The van der Waals surface area contributed by atoms with E-state index in [1.54, 1.807) is 36.0 Å². The summed E-state index contributed by atoms with van der Waals surface area (Å²) in [7, 11) is 0. The van der Waals surface area contributed by atoms with Crippen molar-refractivity contribution in [1.29, 1.82) is 5.26 Å². The van der Waals surface area contributed by atoms with Crippen molar-refractivity contribution in [2.75, 3.05) is 0 Å². The third kappa shape index (κ3) is 2.59. The van der Waals surface area contributed by atoms with Crippen LogP contribution in [0.25, 0.3) is 11.3 Å². The largest absolute Gasteiger partial charge is 0.240 e. The van der Waals surface area contributed by atoms with Crippen molar-refractivity contribution in [1.82, 2.24) is 15.0 Å². The van der Waals surface area contributed by atoms with Crippen LogP contribution >= 0.6 is 0 Å². The highest BCUT2D eigenvalue weighted by molar-refractivity contribution is 5.59. The first-order valence-corrected chi connectivity index (χ1v) is 6.82. The molecule has 4 nitrogen and oxygen atoms in total. The molecule has 3 aromatic rings. The lowest BCUT2D eigenvalue weighted by molar-refractivity contribution is 0.618. The molecule has 0 bridgehead atoms. The second kappa shape index (κ2) is 5.78. The first-order chi connectivity index (χ1) is 10.7. The maximum Gasteiger partial charge on any atom is 0.126 e. The third-order valence-corrected chi connectivity index (χ3v) is 3.53. The lowest BCUT2D eigenvalue weighted by Gasteiger charge is -2.08. The monoisotopic (exact) mass is 292 g/mol. The number of nitrogens with zero attached hydrogens (tertiary/aromatic N) is 4. The second-order valence-corrected chi connectivity index (χ2v) is 5.01. The summed E-state index contributed by atoms with van der Waals surface area (Å²) in [6.07, 6.45) is 1.64. The maximum atomic E-state index is 13.4. The molecule has 0 radical (unpaired) electrons. The van der Waals surface area contributed by atoms with E-state index >= 15 is 0 Å². The summed E-state index contributed by atoms with van der Waals surface area (Å²) in [4.78, 5) is 0. The average Bonchev–Trinajstić information content (AvgIpc) is 2.99. The SMILES string of the molecule is Cc1cc(-c2cnnn2Cc2ccccc2C#N)ccc1F. The Balaban J connectivity index is 1.99. The van der Waals surface area contributed by atoms with E-state index in [-0.39, 0.29) is 5.82 Å². The summed E-state index contributed by atoms with van der Waals surface area (Å²) in [6.45, 7) is 2.16. The van der Waals surface area contributed by atoms with Gasteiger partial charge < -0.3 is 0 Å². The van der Waals surface area contributed by atoms with Crippen molar-refractivity contribution in [2.24, 2.45) is 0 Å². The van der Waals surface area contributed by atoms with Gasteiger partial charge >= 0.3 is 0 Å². The van der Waals surface area contributed by atoms with Crippen LogP contribution in [-0.2, 0) is 6.54 Å². The van der Waals surface area contributed by atoms with Crippen LogP contribution in [0.1, 0.15) is 16.7 Å². The Morgan fingerprint density at radius 3 is 2.82 bits per heavy atom. The van der Waals surface area contributed by atoms with Crippen LogP contribution in [-0.4, -0.2) is 15.0 Å². The number of benzene rings is 2. The number of hydrogen-bond donors (Lipinski definition) is 0. The highest BCUT2D eigenvalue weighted by atomic mass is 19.1. The molecule has 0 saturated heterocycles. The average molecular weight is 292 g/mol. The molecule has 0 amide bonds. The Hall–Kier alpha value is -3.00. The molecule has 0 aliphatic rings. The highest BCUT2D eigenvalue weighted by Gasteiger charge is 2.10. The van der Waals surface area contributed by atoms with Crippen molar-refractivity contribution in [3.63, 3.8) is 0 Å². The molecule has 3 rings (SSSR count). The molecule has 2 aromatic carbocycles. The Labute approximate surface area is 127 Å². The Morgan fingerprint density at radius 1 is 1.23 bits per heavy atom. The molecule has 0 fully saturated rings. The van der Waals surface area contributed by atoms with Crippen LogP contribution in [0.15, 0.2) is 48.7 Å². The first kappa shape index (κ1) is 14.0.